The SMILES string of the molecule is O=C(Cc1ccc(Cl)cc1Cl)NC[C@H](O)c1ccccc1C(F)(F)F. The fraction of sp³-hybridized carbons (Fsp3) is 0.235. The van der Waals surface area contributed by atoms with Crippen LogP contribution in [0.4, 0.5) is 13.2 Å². The quantitative estimate of drug-likeness (QED) is 0.793. The van der Waals surface area contributed by atoms with Crippen molar-refractivity contribution < 1.29 is 23.1 Å². The molecule has 134 valence electrons. The third kappa shape index (κ3) is 5.36. The number of alkyl halides is 3. The van der Waals surface area contributed by atoms with Crippen LogP contribution in [0.3, 0.4) is 0 Å². The topological polar surface area (TPSA) is 49.3 Å². The first-order valence-electron chi connectivity index (χ1n) is 7.23. The number of amides is 1. The van der Waals surface area contributed by atoms with E-state index in [1.165, 1.54) is 24.3 Å². The van der Waals surface area contributed by atoms with Crippen molar-refractivity contribution in [3.8, 4) is 0 Å². The zero-order valence-corrected chi connectivity index (χ0v) is 14.3. The average molecular weight is 392 g/mol. The van der Waals surface area contributed by atoms with Gasteiger partial charge in [0.05, 0.1) is 18.1 Å². The Kier molecular flexibility index (Phi) is 6.32. The van der Waals surface area contributed by atoms with Crippen molar-refractivity contribution in [1.82, 2.24) is 5.32 Å². The predicted molar refractivity (Wildman–Crippen MR) is 89.6 cm³/mol. The summed E-state index contributed by atoms with van der Waals surface area (Å²) in [7, 11) is 0. The maximum Gasteiger partial charge on any atom is 0.416 e. The molecule has 2 aromatic rings. The van der Waals surface area contributed by atoms with Gasteiger partial charge in [-0.05, 0) is 29.3 Å². The number of hydrogen-bond donors (Lipinski definition) is 2. The summed E-state index contributed by atoms with van der Waals surface area (Å²) in [6.45, 7) is -0.350. The van der Waals surface area contributed by atoms with Gasteiger partial charge in [0.1, 0.15) is 0 Å². The van der Waals surface area contributed by atoms with Crippen LogP contribution in [0.15, 0.2) is 42.5 Å². The summed E-state index contributed by atoms with van der Waals surface area (Å²) >= 11 is 11.7. The molecule has 0 aliphatic heterocycles. The molecule has 8 heteroatoms. The highest BCUT2D eigenvalue weighted by Crippen LogP contribution is 2.34. The Morgan fingerprint density at radius 1 is 1.16 bits per heavy atom. The zero-order valence-electron chi connectivity index (χ0n) is 12.8. The Hall–Kier alpha value is -1.76. The van der Waals surface area contributed by atoms with Crippen LogP contribution in [0.5, 0.6) is 0 Å². The second-order valence-corrected chi connectivity index (χ2v) is 6.16. The molecule has 0 aliphatic rings. The summed E-state index contributed by atoms with van der Waals surface area (Å²) in [4.78, 5) is 11.9. The average Bonchev–Trinajstić information content (AvgIpc) is 2.54. The van der Waals surface area contributed by atoms with E-state index in [1.807, 2.05) is 0 Å². The van der Waals surface area contributed by atoms with E-state index in [0.29, 0.717) is 15.6 Å². The Balaban J connectivity index is 2.00. The first-order chi connectivity index (χ1) is 11.7. The maximum atomic E-state index is 12.9. The number of carbonyl (C=O) groups excluding carboxylic acids is 1. The number of rotatable bonds is 5. The van der Waals surface area contributed by atoms with E-state index in [2.05, 4.69) is 5.32 Å². The third-order valence-electron chi connectivity index (χ3n) is 3.48. The lowest BCUT2D eigenvalue weighted by atomic mass is 10.0. The molecule has 2 N–H and O–H groups in total. The molecule has 0 aliphatic carbocycles. The second-order valence-electron chi connectivity index (χ2n) is 5.32. The lowest BCUT2D eigenvalue weighted by molar-refractivity contribution is -0.139. The van der Waals surface area contributed by atoms with Crippen molar-refractivity contribution in [1.29, 1.82) is 0 Å². The number of aliphatic hydroxyl groups is 1. The van der Waals surface area contributed by atoms with E-state index < -0.39 is 23.8 Å². The highest BCUT2D eigenvalue weighted by atomic mass is 35.5. The van der Waals surface area contributed by atoms with E-state index in [-0.39, 0.29) is 18.5 Å². The zero-order chi connectivity index (χ0) is 18.6. The van der Waals surface area contributed by atoms with Crippen LogP contribution in [-0.2, 0) is 17.4 Å². The number of nitrogens with one attached hydrogen (secondary N) is 1. The Labute approximate surface area is 152 Å². The molecular weight excluding hydrogens is 378 g/mol. The van der Waals surface area contributed by atoms with E-state index in [9.17, 15) is 23.1 Å². The van der Waals surface area contributed by atoms with Crippen LogP contribution < -0.4 is 5.32 Å². The van der Waals surface area contributed by atoms with Gasteiger partial charge in [-0.3, -0.25) is 4.79 Å². The molecule has 0 radical (unpaired) electrons. The van der Waals surface area contributed by atoms with Crippen molar-refractivity contribution in [2.24, 2.45) is 0 Å². The van der Waals surface area contributed by atoms with Gasteiger partial charge in [-0.25, -0.2) is 0 Å². The molecule has 0 aromatic heterocycles. The summed E-state index contributed by atoms with van der Waals surface area (Å²) in [6.07, 6.45) is -6.15. The van der Waals surface area contributed by atoms with Crippen molar-refractivity contribution in [3.63, 3.8) is 0 Å². The van der Waals surface area contributed by atoms with Crippen LogP contribution >= 0.6 is 23.2 Å². The van der Waals surface area contributed by atoms with E-state index in [1.54, 1.807) is 12.1 Å². The summed E-state index contributed by atoms with van der Waals surface area (Å²) in [6, 6.07) is 9.33. The van der Waals surface area contributed by atoms with E-state index >= 15 is 0 Å². The highest BCUT2D eigenvalue weighted by molar-refractivity contribution is 6.35. The first-order valence-corrected chi connectivity index (χ1v) is 7.99. The maximum absolute atomic E-state index is 12.9. The number of aliphatic hydroxyl groups excluding tert-OH is 1. The molecule has 0 heterocycles. The predicted octanol–water partition coefficient (Wildman–Crippen LogP) is 4.40. The molecular formula is C17H14Cl2F3NO2. The summed E-state index contributed by atoms with van der Waals surface area (Å²) in [5, 5.41) is 13.1. The molecule has 2 rings (SSSR count). The molecule has 1 atom stereocenters. The van der Waals surface area contributed by atoms with Gasteiger partial charge in [0.2, 0.25) is 5.91 Å². The van der Waals surface area contributed by atoms with Gasteiger partial charge >= 0.3 is 6.18 Å². The van der Waals surface area contributed by atoms with Crippen molar-refractivity contribution in [2.45, 2.75) is 18.7 Å². The van der Waals surface area contributed by atoms with Gasteiger partial charge in [-0.15, -0.1) is 0 Å². The molecule has 0 saturated heterocycles. The molecule has 0 bridgehead atoms. The number of halogens is 5. The Morgan fingerprint density at radius 3 is 2.48 bits per heavy atom. The minimum Gasteiger partial charge on any atom is -0.387 e. The van der Waals surface area contributed by atoms with Crippen LogP contribution in [0.2, 0.25) is 10.0 Å². The normalized spacial score (nSPS) is 12.7. The molecule has 0 saturated carbocycles. The minimum atomic E-state index is -4.58. The molecule has 0 fully saturated rings. The van der Waals surface area contributed by atoms with Gasteiger partial charge in [-0.1, -0.05) is 47.5 Å². The third-order valence-corrected chi connectivity index (χ3v) is 4.07. The Morgan fingerprint density at radius 2 is 1.84 bits per heavy atom. The fourth-order valence-electron chi connectivity index (χ4n) is 2.27. The van der Waals surface area contributed by atoms with Crippen LogP contribution in [0, 0.1) is 0 Å². The standard InChI is InChI=1S/C17H14Cl2F3NO2/c18-11-6-5-10(14(19)8-11)7-16(25)23-9-15(24)12-3-1-2-4-13(12)17(20,21)22/h1-6,8,15,24H,7,9H2,(H,23,25)/t15-/m0/s1. The van der Waals surface area contributed by atoms with Crippen molar-refractivity contribution in [2.75, 3.05) is 6.54 Å². The lowest BCUT2D eigenvalue weighted by Gasteiger charge is -2.18. The number of benzene rings is 2. The highest BCUT2D eigenvalue weighted by Gasteiger charge is 2.34. The fourth-order valence-corrected chi connectivity index (χ4v) is 2.74. The lowest BCUT2D eigenvalue weighted by Crippen LogP contribution is -2.30. The van der Waals surface area contributed by atoms with Crippen molar-refractivity contribution >= 4 is 29.1 Å². The van der Waals surface area contributed by atoms with Crippen LogP contribution in [0.25, 0.3) is 0 Å². The summed E-state index contributed by atoms with van der Waals surface area (Å²) < 4.78 is 38.8. The number of hydrogen-bond acceptors (Lipinski definition) is 2. The summed E-state index contributed by atoms with van der Waals surface area (Å²) in [5.41, 5.74) is -0.703. The molecule has 1 amide bonds. The first kappa shape index (κ1) is 19.6. The van der Waals surface area contributed by atoms with Gasteiger partial charge in [0.25, 0.3) is 0 Å². The minimum absolute atomic E-state index is 0.0797. The van der Waals surface area contributed by atoms with Gasteiger partial charge in [0.15, 0.2) is 0 Å². The largest absolute Gasteiger partial charge is 0.416 e. The Bertz CT molecular complexity index is 766. The van der Waals surface area contributed by atoms with Crippen molar-refractivity contribution in [3.05, 3.63) is 69.2 Å². The van der Waals surface area contributed by atoms with Crippen LogP contribution in [-0.4, -0.2) is 17.6 Å². The molecule has 25 heavy (non-hydrogen) atoms. The number of carbonyl (C=O) groups is 1. The second kappa shape index (κ2) is 8.08. The molecule has 0 unspecified atom stereocenters. The van der Waals surface area contributed by atoms with Gasteiger partial charge < -0.3 is 10.4 Å². The van der Waals surface area contributed by atoms with E-state index in [4.69, 9.17) is 23.2 Å². The molecule has 3 nitrogen and oxygen atoms in total. The van der Waals surface area contributed by atoms with E-state index in [0.717, 1.165) is 6.07 Å². The van der Waals surface area contributed by atoms with Gasteiger partial charge in [0, 0.05) is 16.6 Å². The smallest absolute Gasteiger partial charge is 0.387 e. The molecule has 2 aromatic carbocycles. The summed E-state index contributed by atoms with van der Waals surface area (Å²) in [5.74, 6) is -0.479. The van der Waals surface area contributed by atoms with Crippen LogP contribution in [0.1, 0.15) is 22.8 Å². The molecule has 0 spiro atoms. The monoisotopic (exact) mass is 391 g/mol. The van der Waals surface area contributed by atoms with Gasteiger partial charge in [-0.2, -0.15) is 13.2 Å².